The maximum atomic E-state index is 11.3. The maximum absolute atomic E-state index is 11.3. The normalized spacial score (nSPS) is 19.9. The number of aromatic nitrogens is 2. The summed E-state index contributed by atoms with van der Waals surface area (Å²) in [6, 6.07) is 1.35. The summed E-state index contributed by atoms with van der Waals surface area (Å²) in [4.78, 5) is 21.1. The molecule has 1 N–H and O–H groups in total. The van der Waals surface area contributed by atoms with Gasteiger partial charge in [-0.15, -0.1) is 0 Å². The van der Waals surface area contributed by atoms with Crippen LogP contribution in [0.2, 0.25) is 0 Å². The van der Waals surface area contributed by atoms with E-state index in [1.165, 1.54) is 12.4 Å². The summed E-state index contributed by atoms with van der Waals surface area (Å²) in [6.07, 6.45) is 6.30. The van der Waals surface area contributed by atoms with E-state index in [4.69, 9.17) is 5.26 Å². The number of rotatable bonds is 2. The Hall–Kier alpha value is -2.16. The molecule has 2 heterocycles. The molecule has 0 spiro atoms. The van der Waals surface area contributed by atoms with Crippen LogP contribution in [-0.2, 0) is 4.79 Å². The Morgan fingerprint density at radius 1 is 1.39 bits per heavy atom. The summed E-state index contributed by atoms with van der Waals surface area (Å²) >= 11 is 0. The third-order valence-corrected chi connectivity index (χ3v) is 3.09. The fraction of sp³-hybridized carbons (Fsp3) is 0.500. The molecule has 1 atom stereocenters. The van der Waals surface area contributed by atoms with Crippen LogP contribution in [0, 0.1) is 11.3 Å². The predicted octanol–water partition coefficient (Wildman–Crippen LogP) is 1.18. The van der Waals surface area contributed by atoms with Crippen LogP contribution in [0.1, 0.15) is 31.4 Å². The molecule has 1 unspecified atom stereocenters. The Morgan fingerprint density at radius 3 is 2.89 bits per heavy atom. The molecule has 2 rings (SSSR count). The van der Waals surface area contributed by atoms with Gasteiger partial charge >= 0.3 is 5.97 Å². The first-order valence-corrected chi connectivity index (χ1v) is 5.94. The molecular formula is C12H14N4O2. The topological polar surface area (TPSA) is 90.1 Å². The second-order valence-corrected chi connectivity index (χ2v) is 4.24. The number of carbonyl (C=O) groups is 1. The van der Waals surface area contributed by atoms with E-state index < -0.39 is 12.0 Å². The molecule has 94 valence electrons. The van der Waals surface area contributed by atoms with E-state index in [0.29, 0.717) is 18.8 Å². The van der Waals surface area contributed by atoms with E-state index in [1.54, 1.807) is 4.90 Å². The number of anilines is 1. The van der Waals surface area contributed by atoms with Crippen molar-refractivity contribution in [1.29, 1.82) is 5.26 Å². The second kappa shape index (κ2) is 5.45. The molecular weight excluding hydrogens is 232 g/mol. The minimum absolute atomic E-state index is 0.186. The van der Waals surface area contributed by atoms with E-state index in [-0.39, 0.29) is 5.69 Å². The lowest BCUT2D eigenvalue weighted by molar-refractivity contribution is -0.138. The summed E-state index contributed by atoms with van der Waals surface area (Å²) in [5.74, 6) is -0.485. The molecule has 1 aliphatic heterocycles. The van der Waals surface area contributed by atoms with E-state index in [9.17, 15) is 9.90 Å². The number of nitriles is 1. The van der Waals surface area contributed by atoms with Crippen LogP contribution in [-0.4, -0.2) is 33.6 Å². The van der Waals surface area contributed by atoms with Gasteiger partial charge in [0, 0.05) is 18.9 Å². The molecule has 1 aliphatic rings. The fourth-order valence-electron chi connectivity index (χ4n) is 2.24. The van der Waals surface area contributed by atoms with Gasteiger partial charge in [0.1, 0.15) is 12.1 Å². The maximum Gasteiger partial charge on any atom is 0.326 e. The largest absolute Gasteiger partial charge is 0.480 e. The molecule has 0 aliphatic carbocycles. The minimum atomic E-state index is -0.869. The van der Waals surface area contributed by atoms with Gasteiger partial charge in [0.25, 0.3) is 0 Å². The van der Waals surface area contributed by atoms with Crippen molar-refractivity contribution in [2.24, 2.45) is 0 Å². The molecule has 0 aromatic carbocycles. The Balaban J connectivity index is 2.38. The van der Waals surface area contributed by atoms with E-state index >= 15 is 0 Å². The lowest BCUT2D eigenvalue weighted by Gasteiger charge is -2.27. The van der Waals surface area contributed by atoms with Crippen LogP contribution in [0.25, 0.3) is 0 Å². The zero-order valence-electron chi connectivity index (χ0n) is 9.91. The van der Waals surface area contributed by atoms with E-state index in [2.05, 4.69) is 9.97 Å². The van der Waals surface area contributed by atoms with Crippen molar-refractivity contribution in [2.75, 3.05) is 11.4 Å². The average molecular weight is 246 g/mol. The molecule has 1 saturated heterocycles. The zero-order valence-corrected chi connectivity index (χ0v) is 9.91. The summed E-state index contributed by atoms with van der Waals surface area (Å²) < 4.78 is 0. The molecule has 6 heteroatoms. The Bertz CT molecular complexity index is 483. The van der Waals surface area contributed by atoms with Gasteiger partial charge < -0.3 is 10.0 Å². The average Bonchev–Trinajstić information content (AvgIpc) is 2.64. The Morgan fingerprint density at radius 2 is 2.17 bits per heavy atom. The number of carboxylic acids is 1. The smallest absolute Gasteiger partial charge is 0.326 e. The van der Waals surface area contributed by atoms with Gasteiger partial charge in [0.2, 0.25) is 0 Å². The van der Waals surface area contributed by atoms with Crippen molar-refractivity contribution < 1.29 is 9.90 Å². The molecule has 0 bridgehead atoms. The standard InChI is InChI=1S/C12H14N4O2/c13-8-9-11(15-6-5-14-9)16-7-3-1-2-4-10(16)12(17)18/h5-6,10H,1-4,7H2,(H,17,18). The minimum Gasteiger partial charge on any atom is -0.480 e. The SMILES string of the molecule is N#Cc1nccnc1N1CCCCCC1C(=O)O. The summed E-state index contributed by atoms with van der Waals surface area (Å²) in [5.41, 5.74) is 0.186. The Labute approximate surface area is 105 Å². The van der Waals surface area contributed by atoms with E-state index in [0.717, 1.165) is 19.3 Å². The highest BCUT2D eigenvalue weighted by Gasteiger charge is 2.29. The van der Waals surface area contributed by atoms with Crippen molar-refractivity contribution in [3.8, 4) is 6.07 Å². The van der Waals surface area contributed by atoms with E-state index in [1.807, 2.05) is 6.07 Å². The summed E-state index contributed by atoms with van der Waals surface area (Å²) in [7, 11) is 0. The Kier molecular flexibility index (Phi) is 3.72. The van der Waals surface area contributed by atoms with Gasteiger partial charge in [-0.3, -0.25) is 0 Å². The van der Waals surface area contributed by atoms with Crippen molar-refractivity contribution in [2.45, 2.75) is 31.7 Å². The number of hydrogen-bond donors (Lipinski definition) is 1. The molecule has 18 heavy (non-hydrogen) atoms. The first kappa shape index (κ1) is 12.3. The van der Waals surface area contributed by atoms with Crippen LogP contribution in [0.5, 0.6) is 0 Å². The van der Waals surface area contributed by atoms with Crippen molar-refractivity contribution in [3.05, 3.63) is 18.1 Å². The summed E-state index contributed by atoms with van der Waals surface area (Å²) in [6.45, 7) is 0.602. The first-order chi connectivity index (χ1) is 8.74. The van der Waals surface area contributed by atoms with Crippen LogP contribution in [0.15, 0.2) is 12.4 Å². The van der Waals surface area contributed by atoms with Gasteiger partial charge in [-0.05, 0) is 12.8 Å². The van der Waals surface area contributed by atoms with Crippen LogP contribution < -0.4 is 4.90 Å². The molecule has 0 radical (unpaired) electrons. The number of carboxylic acid groups (broad SMARTS) is 1. The third-order valence-electron chi connectivity index (χ3n) is 3.09. The third kappa shape index (κ3) is 2.40. The highest BCUT2D eigenvalue weighted by atomic mass is 16.4. The molecule has 1 aromatic heterocycles. The summed E-state index contributed by atoms with van der Waals surface area (Å²) in [5, 5.41) is 18.3. The zero-order chi connectivity index (χ0) is 13.0. The van der Waals surface area contributed by atoms with Gasteiger partial charge in [-0.25, -0.2) is 14.8 Å². The van der Waals surface area contributed by atoms with Crippen LogP contribution >= 0.6 is 0 Å². The van der Waals surface area contributed by atoms with Crippen molar-refractivity contribution in [3.63, 3.8) is 0 Å². The van der Waals surface area contributed by atoms with Gasteiger partial charge in [-0.2, -0.15) is 5.26 Å². The number of aliphatic carboxylic acids is 1. The van der Waals surface area contributed by atoms with Crippen LogP contribution in [0.3, 0.4) is 0 Å². The second-order valence-electron chi connectivity index (χ2n) is 4.24. The quantitative estimate of drug-likeness (QED) is 0.842. The lowest BCUT2D eigenvalue weighted by Crippen LogP contribution is -2.41. The van der Waals surface area contributed by atoms with Gasteiger partial charge in [0.05, 0.1) is 0 Å². The van der Waals surface area contributed by atoms with Gasteiger partial charge in [-0.1, -0.05) is 12.8 Å². The predicted molar refractivity (Wildman–Crippen MR) is 64.0 cm³/mol. The molecule has 1 aromatic rings. The molecule has 0 amide bonds. The van der Waals surface area contributed by atoms with Crippen molar-refractivity contribution in [1.82, 2.24) is 9.97 Å². The molecule has 0 saturated carbocycles. The monoisotopic (exact) mass is 246 g/mol. The number of nitrogens with zero attached hydrogens (tertiary/aromatic N) is 4. The van der Waals surface area contributed by atoms with Crippen LogP contribution in [0.4, 0.5) is 5.82 Å². The first-order valence-electron chi connectivity index (χ1n) is 5.94. The molecule has 6 nitrogen and oxygen atoms in total. The highest BCUT2D eigenvalue weighted by molar-refractivity contribution is 5.78. The highest BCUT2D eigenvalue weighted by Crippen LogP contribution is 2.24. The molecule has 1 fully saturated rings. The van der Waals surface area contributed by atoms with Gasteiger partial charge in [0.15, 0.2) is 11.5 Å². The fourth-order valence-corrected chi connectivity index (χ4v) is 2.24. The number of hydrogen-bond acceptors (Lipinski definition) is 5. The lowest BCUT2D eigenvalue weighted by atomic mass is 10.1. The van der Waals surface area contributed by atoms with Crippen molar-refractivity contribution >= 4 is 11.8 Å².